The molecule has 7 atom stereocenters. The van der Waals surface area contributed by atoms with Gasteiger partial charge >= 0.3 is 0 Å². The fourth-order valence-corrected chi connectivity index (χ4v) is 4.12. The van der Waals surface area contributed by atoms with Gasteiger partial charge in [0.05, 0.1) is 6.61 Å². The van der Waals surface area contributed by atoms with E-state index in [0.717, 1.165) is 22.5 Å². The van der Waals surface area contributed by atoms with Crippen molar-refractivity contribution in [2.45, 2.75) is 43.3 Å². The summed E-state index contributed by atoms with van der Waals surface area (Å²) in [5.74, 6) is 0. The lowest BCUT2D eigenvalue weighted by molar-refractivity contribution is -0.340. The lowest BCUT2D eigenvalue weighted by Gasteiger charge is -2.44. The van der Waals surface area contributed by atoms with Gasteiger partial charge in [0.15, 0.2) is 18.9 Å². The molecule has 0 aliphatic carbocycles. The van der Waals surface area contributed by atoms with Gasteiger partial charge in [-0.15, -0.1) is 0 Å². The maximum Gasteiger partial charge on any atom is 0.185 e. The predicted octanol–water partition coefficient (Wildman–Crippen LogP) is 2.38. The van der Waals surface area contributed by atoms with Crippen LogP contribution in [0.4, 0.5) is 11.4 Å². The van der Waals surface area contributed by atoms with Crippen molar-refractivity contribution < 1.29 is 28.8 Å². The van der Waals surface area contributed by atoms with Crippen molar-refractivity contribution in [3.8, 4) is 0 Å². The summed E-state index contributed by atoms with van der Waals surface area (Å²) in [5.41, 5.74) is 3.79. The van der Waals surface area contributed by atoms with E-state index in [4.69, 9.17) is 23.7 Å². The molecule has 7 unspecified atom stereocenters. The van der Waals surface area contributed by atoms with Gasteiger partial charge in [-0.05, 0) is 24.3 Å². The van der Waals surface area contributed by atoms with Crippen molar-refractivity contribution in [3.05, 3.63) is 59.7 Å². The molecule has 3 saturated heterocycles. The van der Waals surface area contributed by atoms with Crippen LogP contribution in [0.2, 0.25) is 0 Å². The third-order valence-electron chi connectivity index (χ3n) is 5.81. The van der Waals surface area contributed by atoms with Crippen LogP contribution in [0.5, 0.6) is 0 Å². The number of nitrogens with one attached hydrogen (secondary N) is 2. The lowest BCUT2D eigenvalue weighted by Crippen LogP contribution is -2.60. The van der Waals surface area contributed by atoms with Crippen LogP contribution in [0, 0.1) is 0 Å². The van der Waals surface area contributed by atoms with Crippen molar-refractivity contribution in [3.63, 3.8) is 0 Å². The van der Waals surface area contributed by atoms with Crippen LogP contribution in [0.1, 0.15) is 23.7 Å². The summed E-state index contributed by atoms with van der Waals surface area (Å²) in [5, 5.41) is 16.6. The van der Waals surface area contributed by atoms with E-state index in [1.807, 2.05) is 62.6 Å². The molecule has 0 radical (unpaired) electrons. The number of hydrogen-bond donors (Lipinski definition) is 3. The second-order valence-electron chi connectivity index (χ2n) is 7.61. The molecule has 5 rings (SSSR count). The third-order valence-corrected chi connectivity index (χ3v) is 5.81. The number of aliphatic hydroxyl groups excluding tert-OH is 1. The summed E-state index contributed by atoms with van der Waals surface area (Å²) >= 11 is 0. The van der Waals surface area contributed by atoms with Gasteiger partial charge in [-0.1, -0.05) is 24.3 Å². The number of ether oxygens (including phenoxy) is 5. The first-order valence-electron chi connectivity index (χ1n) is 10.1. The van der Waals surface area contributed by atoms with E-state index in [0.29, 0.717) is 6.61 Å². The van der Waals surface area contributed by atoms with Gasteiger partial charge in [-0.25, -0.2) is 0 Å². The minimum Gasteiger partial charge on any atom is -0.388 e. The van der Waals surface area contributed by atoms with Gasteiger partial charge < -0.3 is 39.4 Å². The predicted molar refractivity (Wildman–Crippen MR) is 109 cm³/mol. The summed E-state index contributed by atoms with van der Waals surface area (Å²) in [6, 6.07) is 15.7. The molecule has 2 aromatic rings. The van der Waals surface area contributed by atoms with Gasteiger partial charge in [0, 0.05) is 36.6 Å². The highest BCUT2D eigenvalue weighted by Crippen LogP contribution is 2.43. The maximum atomic E-state index is 10.5. The van der Waals surface area contributed by atoms with E-state index in [9.17, 15) is 5.11 Å². The van der Waals surface area contributed by atoms with Gasteiger partial charge in [-0.2, -0.15) is 0 Å². The molecular weight excluding hydrogens is 388 g/mol. The molecule has 0 spiro atoms. The Morgan fingerprint density at radius 1 is 0.700 bits per heavy atom. The Bertz CT molecular complexity index is 861. The molecule has 3 aliphatic rings. The summed E-state index contributed by atoms with van der Waals surface area (Å²) in [7, 11) is 3.74. The van der Waals surface area contributed by atoms with E-state index in [-0.39, 0.29) is 0 Å². The number of benzene rings is 2. The Kier molecular flexibility index (Phi) is 5.36. The molecule has 0 bridgehead atoms. The maximum absolute atomic E-state index is 10.5. The van der Waals surface area contributed by atoms with E-state index >= 15 is 0 Å². The van der Waals surface area contributed by atoms with Crippen LogP contribution in [-0.2, 0) is 23.7 Å². The smallest absolute Gasteiger partial charge is 0.185 e. The van der Waals surface area contributed by atoms with Crippen LogP contribution in [0.15, 0.2) is 48.5 Å². The highest BCUT2D eigenvalue weighted by atomic mass is 16.8. The second-order valence-corrected chi connectivity index (χ2v) is 7.61. The Balaban J connectivity index is 1.34. The van der Waals surface area contributed by atoms with Gasteiger partial charge in [-0.3, -0.25) is 0 Å². The zero-order valence-electron chi connectivity index (χ0n) is 16.9. The summed E-state index contributed by atoms with van der Waals surface area (Å²) in [4.78, 5) is 0. The van der Waals surface area contributed by atoms with Gasteiger partial charge in [0.2, 0.25) is 0 Å². The highest BCUT2D eigenvalue weighted by molar-refractivity contribution is 5.45. The first-order chi connectivity index (χ1) is 14.7. The summed E-state index contributed by atoms with van der Waals surface area (Å²) in [6.07, 6.45) is -4.17. The first-order valence-corrected chi connectivity index (χ1v) is 10.1. The quantitative estimate of drug-likeness (QED) is 0.703. The number of anilines is 2. The molecule has 3 N–H and O–H groups in total. The third kappa shape index (κ3) is 3.56. The molecule has 30 heavy (non-hydrogen) atoms. The van der Waals surface area contributed by atoms with Gasteiger partial charge in [0.25, 0.3) is 0 Å². The average molecular weight is 414 g/mol. The van der Waals surface area contributed by atoms with E-state index in [1.54, 1.807) is 0 Å². The van der Waals surface area contributed by atoms with Crippen molar-refractivity contribution in [1.82, 2.24) is 0 Å². The molecule has 2 aromatic carbocycles. The molecule has 0 aromatic heterocycles. The summed E-state index contributed by atoms with van der Waals surface area (Å²) in [6.45, 7) is 0.300. The van der Waals surface area contributed by atoms with Crippen molar-refractivity contribution in [2.24, 2.45) is 0 Å². The Morgan fingerprint density at radius 3 is 1.83 bits per heavy atom. The van der Waals surface area contributed by atoms with E-state index < -0.39 is 43.3 Å². The molecule has 160 valence electrons. The normalized spacial score (nSPS) is 35.4. The van der Waals surface area contributed by atoms with Crippen LogP contribution < -0.4 is 10.6 Å². The largest absolute Gasteiger partial charge is 0.388 e. The number of aliphatic hydroxyl groups is 1. The van der Waals surface area contributed by atoms with E-state index in [2.05, 4.69) is 10.6 Å². The van der Waals surface area contributed by atoms with Crippen LogP contribution >= 0.6 is 0 Å². The monoisotopic (exact) mass is 414 g/mol. The fraction of sp³-hybridized carbons (Fsp3) is 0.455. The molecular formula is C22H26N2O6. The van der Waals surface area contributed by atoms with Crippen LogP contribution in [-0.4, -0.2) is 56.5 Å². The molecule has 3 fully saturated rings. The first kappa shape index (κ1) is 19.7. The molecule has 8 nitrogen and oxygen atoms in total. The number of hydrogen-bond acceptors (Lipinski definition) is 8. The zero-order valence-corrected chi connectivity index (χ0v) is 16.9. The van der Waals surface area contributed by atoms with Crippen molar-refractivity contribution >= 4 is 11.4 Å². The average Bonchev–Trinajstić information content (AvgIpc) is 3.26. The SMILES string of the molecule is CNc1ccc(C2OCC3OC(O)C4OC(c5ccc(NC)cc5)OC4C3O2)cc1. The minimum atomic E-state index is -1.10. The second kappa shape index (κ2) is 8.14. The summed E-state index contributed by atoms with van der Waals surface area (Å²) < 4.78 is 30.0. The standard InChI is InChI=1S/C22H26N2O6/c1-23-14-7-3-12(4-8-14)21-26-11-16-17(28-21)18-19(20(25)27-16)30-22(29-18)13-5-9-15(24-2)10-6-13/h3-10,16-25H,11H2,1-2H3. The molecule has 8 heteroatoms. The molecule has 0 amide bonds. The van der Waals surface area contributed by atoms with Crippen LogP contribution in [0.25, 0.3) is 0 Å². The number of rotatable bonds is 4. The molecule has 3 aliphatic heterocycles. The minimum absolute atomic E-state index is 0.300. The lowest BCUT2D eigenvalue weighted by atomic mass is 9.98. The van der Waals surface area contributed by atoms with Crippen molar-refractivity contribution in [1.29, 1.82) is 0 Å². The fourth-order valence-electron chi connectivity index (χ4n) is 4.12. The Hall–Kier alpha value is -2.20. The van der Waals surface area contributed by atoms with E-state index in [1.165, 1.54) is 0 Å². The van der Waals surface area contributed by atoms with Crippen molar-refractivity contribution in [2.75, 3.05) is 31.3 Å². The Labute approximate surface area is 175 Å². The van der Waals surface area contributed by atoms with Crippen LogP contribution in [0.3, 0.4) is 0 Å². The molecule has 0 saturated carbocycles. The highest BCUT2D eigenvalue weighted by Gasteiger charge is 2.55. The molecule has 3 heterocycles. The van der Waals surface area contributed by atoms with Gasteiger partial charge in [0.1, 0.15) is 24.4 Å². The topological polar surface area (TPSA) is 90.4 Å². The zero-order chi connectivity index (χ0) is 20.7. The number of fused-ring (bicyclic) bond motifs is 3. The Morgan fingerprint density at radius 2 is 1.23 bits per heavy atom.